The molecule has 0 amide bonds. The van der Waals surface area contributed by atoms with Gasteiger partial charge in [-0.25, -0.2) is 14.8 Å². The predicted octanol–water partition coefficient (Wildman–Crippen LogP) is 4.53. The monoisotopic (exact) mass is 377 g/mol. The molecule has 3 heterocycles. The number of thiazole rings is 1. The number of hydrogen-bond acceptors (Lipinski definition) is 7. The van der Waals surface area contributed by atoms with Crippen LogP contribution in [0.2, 0.25) is 0 Å². The second-order valence-electron chi connectivity index (χ2n) is 5.72. The minimum Gasteiger partial charge on any atom is -0.454 e. The maximum Gasteiger partial charge on any atom is 0.361 e. The first kappa shape index (κ1) is 17.1. The number of carbonyl (C=O) groups excluding carboxylic acids is 1. The van der Waals surface area contributed by atoms with E-state index >= 15 is 0 Å². The van der Waals surface area contributed by atoms with E-state index in [1.165, 1.54) is 11.3 Å². The van der Waals surface area contributed by atoms with Crippen LogP contribution in [-0.4, -0.2) is 20.9 Å². The van der Waals surface area contributed by atoms with Gasteiger partial charge in [0.2, 0.25) is 5.89 Å². The van der Waals surface area contributed by atoms with Crippen molar-refractivity contribution < 1.29 is 13.9 Å². The molecule has 7 heteroatoms. The maximum absolute atomic E-state index is 12.4. The summed E-state index contributed by atoms with van der Waals surface area (Å²) < 4.78 is 11.0. The minimum absolute atomic E-state index is 0.0646. The molecule has 0 unspecified atom stereocenters. The summed E-state index contributed by atoms with van der Waals surface area (Å²) in [5, 5.41) is 2.63. The number of ether oxygens (including phenoxy) is 1. The van der Waals surface area contributed by atoms with Crippen molar-refractivity contribution in [2.45, 2.75) is 13.5 Å². The van der Waals surface area contributed by atoms with Crippen LogP contribution in [0.3, 0.4) is 0 Å². The summed E-state index contributed by atoms with van der Waals surface area (Å²) >= 11 is 1.46. The first-order chi connectivity index (χ1) is 13.2. The van der Waals surface area contributed by atoms with Crippen LogP contribution in [0.25, 0.3) is 22.2 Å². The molecule has 0 saturated heterocycles. The Labute approximate surface area is 159 Å². The van der Waals surface area contributed by atoms with Gasteiger partial charge in [-0.2, -0.15) is 0 Å². The fraction of sp³-hybridized carbons (Fsp3) is 0.100. The SMILES string of the molecule is Cc1oc(-c2ccccc2)nc1C(=O)OCc1csc(-c2ccccn2)n1. The Hall–Kier alpha value is -3.32. The summed E-state index contributed by atoms with van der Waals surface area (Å²) in [4.78, 5) is 25.4. The lowest BCUT2D eigenvalue weighted by Crippen LogP contribution is -2.07. The number of nitrogens with zero attached hydrogens (tertiary/aromatic N) is 3. The second-order valence-corrected chi connectivity index (χ2v) is 6.58. The van der Waals surface area contributed by atoms with Crippen molar-refractivity contribution >= 4 is 17.3 Å². The van der Waals surface area contributed by atoms with E-state index in [9.17, 15) is 4.79 Å². The Balaban J connectivity index is 1.45. The van der Waals surface area contributed by atoms with Gasteiger partial charge in [0.1, 0.15) is 17.4 Å². The molecule has 0 aliphatic heterocycles. The van der Waals surface area contributed by atoms with E-state index in [4.69, 9.17) is 9.15 Å². The third-order valence-electron chi connectivity index (χ3n) is 3.80. The van der Waals surface area contributed by atoms with E-state index in [2.05, 4.69) is 15.0 Å². The van der Waals surface area contributed by atoms with E-state index in [-0.39, 0.29) is 12.3 Å². The lowest BCUT2D eigenvalue weighted by atomic mass is 10.2. The van der Waals surface area contributed by atoms with E-state index in [0.29, 0.717) is 17.3 Å². The van der Waals surface area contributed by atoms with Crippen LogP contribution in [0.4, 0.5) is 0 Å². The Kier molecular flexibility index (Phi) is 4.76. The molecule has 0 fully saturated rings. The molecule has 6 nitrogen and oxygen atoms in total. The third kappa shape index (κ3) is 3.78. The van der Waals surface area contributed by atoms with Crippen molar-refractivity contribution in [3.63, 3.8) is 0 Å². The average Bonchev–Trinajstić information content (AvgIpc) is 3.34. The number of carbonyl (C=O) groups is 1. The highest BCUT2D eigenvalue weighted by Gasteiger charge is 2.20. The fourth-order valence-electron chi connectivity index (χ4n) is 2.48. The Morgan fingerprint density at radius 2 is 1.93 bits per heavy atom. The number of pyridine rings is 1. The van der Waals surface area contributed by atoms with Gasteiger partial charge in [0.05, 0.1) is 11.4 Å². The number of aryl methyl sites for hydroxylation is 1. The second kappa shape index (κ2) is 7.51. The highest BCUT2D eigenvalue weighted by molar-refractivity contribution is 7.13. The van der Waals surface area contributed by atoms with Crippen LogP contribution in [0.15, 0.2) is 64.5 Å². The zero-order chi connectivity index (χ0) is 18.6. The topological polar surface area (TPSA) is 78.1 Å². The molecule has 27 heavy (non-hydrogen) atoms. The van der Waals surface area contributed by atoms with Crippen LogP contribution < -0.4 is 0 Å². The zero-order valence-corrected chi connectivity index (χ0v) is 15.3. The van der Waals surface area contributed by atoms with Crippen LogP contribution in [0.5, 0.6) is 0 Å². The molecule has 0 saturated carbocycles. The first-order valence-electron chi connectivity index (χ1n) is 8.26. The van der Waals surface area contributed by atoms with E-state index in [1.54, 1.807) is 13.1 Å². The van der Waals surface area contributed by atoms with Crippen LogP contribution >= 0.6 is 11.3 Å². The summed E-state index contributed by atoms with van der Waals surface area (Å²) in [5.74, 6) is 0.281. The van der Waals surface area contributed by atoms with E-state index < -0.39 is 5.97 Å². The molecule has 0 N–H and O–H groups in total. The summed E-state index contributed by atoms with van der Waals surface area (Å²) in [6, 6.07) is 15.1. The van der Waals surface area contributed by atoms with Gasteiger partial charge in [-0.3, -0.25) is 4.98 Å². The summed E-state index contributed by atoms with van der Waals surface area (Å²) in [5.41, 5.74) is 2.44. The van der Waals surface area contributed by atoms with Gasteiger partial charge < -0.3 is 9.15 Å². The molecule has 3 aromatic heterocycles. The molecule has 0 spiro atoms. The Bertz CT molecular complexity index is 1060. The largest absolute Gasteiger partial charge is 0.454 e. The fourth-order valence-corrected chi connectivity index (χ4v) is 3.26. The quantitative estimate of drug-likeness (QED) is 0.476. The predicted molar refractivity (Wildman–Crippen MR) is 101 cm³/mol. The molecule has 0 aliphatic rings. The molecular formula is C20H15N3O3S. The zero-order valence-electron chi connectivity index (χ0n) is 14.5. The molecule has 0 aliphatic carbocycles. The van der Waals surface area contributed by atoms with Crippen molar-refractivity contribution in [1.29, 1.82) is 0 Å². The van der Waals surface area contributed by atoms with Crippen molar-refractivity contribution in [2.75, 3.05) is 0 Å². The number of rotatable bonds is 5. The summed E-state index contributed by atoms with van der Waals surface area (Å²) in [6.07, 6.45) is 1.72. The van der Waals surface area contributed by atoms with Crippen molar-refractivity contribution in [2.24, 2.45) is 0 Å². The minimum atomic E-state index is -0.536. The van der Waals surface area contributed by atoms with Crippen molar-refractivity contribution in [1.82, 2.24) is 15.0 Å². The maximum atomic E-state index is 12.4. The van der Waals surface area contributed by atoms with Crippen LogP contribution in [0, 0.1) is 6.92 Å². The highest BCUT2D eigenvalue weighted by Crippen LogP contribution is 2.24. The first-order valence-corrected chi connectivity index (χ1v) is 9.14. The number of benzene rings is 1. The summed E-state index contributed by atoms with van der Waals surface area (Å²) in [7, 11) is 0. The highest BCUT2D eigenvalue weighted by atomic mass is 32.1. The lowest BCUT2D eigenvalue weighted by molar-refractivity contribution is 0.0460. The number of oxazole rings is 1. The molecule has 4 rings (SSSR count). The standard InChI is InChI=1S/C20H15N3O3S/c1-13-17(23-18(26-13)14-7-3-2-4-8-14)20(24)25-11-15-12-27-19(22-15)16-9-5-6-10-21-16/h2-10,12H,11H2,1H3. The van der Waals surface area contributed by atoms with Crippen molar-refractivity contribution in [3.8, 4) is 22.2 Å². The Morgan fingerprint density at radius 3 is 2.70 bits per heavy atom. The van der Waals surface area contributed by atoms with Crippen molar-refractivity contribution in [3.05, 3.63) is 77.3 Å². The van der Waals surface area contributed by atoms with Crippen LogP contribution in [0.1, 0.15) is 21.9 Å². The van der Waals surface area contributed by atoms with Gasteiger partial charge in [0, 0.05) is 17.1 Å². The van der Waals surface area contributed by atoms with Gasteiger partial charge in [0.15, 0.2) is 5.69 Å². The van der Waals surface area contributed by atoms with Gasteiger partial charge in [0.25, 0.3) is 0 Å². The lowest BCUT2D eigenvalue weighted by Gasteiger charge is -2.00. The third-order valence-corrected chi connectivity index (χ3v) is 4.71. The molecule has 0 radical (unpaired) electrons. The normalized spacial score (nSPS) is 10.7. The Morgan fingerprint density at radius 1 is 1.11 bits per heavy atom. The molecule has 4 aromatic rings. The number of esters is 1. The van der Waals surface area contributed by atoms with E-state index in [0.717, 1.165) is 16.3 Å². The molecule has 134 valence electrons. The number of hydrogen-bond donors (Lipinski definition) is 0. The van der Waals surface area contributed by atoms with E-state index in [1.807, 2.05) is 53.9 Å². The van der Waals surface area contributed by atoms with Gasteiger partial charge in [-0.05, 0) is 31.2 Å². The molecule has 0 atom stereocenters. The summed E-state index contributed by atoms with van der Waals surface area (Å²) in [6.45, 7) is 1.76. The molecule has 0 bridgehead atoms. The molecular weight excluding hydrogens is 362 g/mol. The van der Waals surface area contributed by atoms with Gasteiger partial charge >= 0.3 is 5.97 Å². The van der Waals surface area contributed by atoms with Gasteiger partial charge in [-0.1, -0.05) is 24.3 Å². The average molecular weight is 377 g/mol. The number of aromatic nitrogens is 3. The van der Waals surface area contributed by atoms with Gasteiger partial charge in [-0.15, -0.1) is 11.3 Å². The van der Waals surface area contributed by atoms with Crippen LogP contribution in [-0.2, 0) is 11.3 Å². The smallest absolute Gasteiger partial charge is 0.361 e. The molecule has 1 aromatic carbocycles.